The molecule has 0 aromatic rings. The van der Waals surface area contributed by atoms with Crippen molar-refractivity contribution in [2.24, 2.45) is 5.92 Å². The Morgan fingerprint density at radius 2 is 1.83 bits per heavy atom. The Balaban J connectivity index is 2.45. The first-order chi connectivity index (χ1) is 8.51. The van der Waals surface area contributed by atoms with Gasteiger partial charge in [-0.1, -0.05) is 42.6 Å². The maximum Gasteiger partial charge on any atom is 0.214 e. The number of rotatable bonds is 7. The Morgan fingerprint density at radius 3 is 2.33 bits per heavy atom. The molecule has 0 aliphatic carbocycles. The van der Waals surface area contributed by atoms with Gasteiger partial charge >= 0.3 is 0 Å². The van der Waals surface area contributed by atoms with Crippen molar-refractivity contribution in [2.75, 3.05) is 19.8 Å². The highest BCUT2D eigenvalue weighted by atomic mass is 79.9. The molecule has 1 rings (SSSR count). The van der Waals surface area contributed by atoms with E-state index >= 15 is 0 Å². The molecule has 0 saturated carbocycles. The van der Waals surface area contributed by atoms with Crippen molar-refractivity contribution in [3.8, 4) is 0 Å². The molecule has 1 aliphatic rings. The second-order valence-electron chi connectivity index (χ2n) is 4.80. The van der Waals surface area contributed by atoms with Gasteiger partial charge in [0.05, 0.1) is 5.25 Å². The van der Waals surface area contributed by atoms with Crippen molar-refractivity contribution >= 4 is 26.0 Å². The summed E-state index contributed by atoms with van der Waals surface area (Å²) in [6.45, 7) is 5.85. The first-order valence-corrected chi connectivity index (χ1v) is 9.17. The van der Waals surface area contributed by atoms with Crippen molar-refractivity contribution in [1.29, 1.82) is 0 Å². The molecule has 1 unspecified atom stereocenters. The van der Waals surface area contributed by atoms with Crippen LogP contribution in [-0.2, 0) is 14.8 Å². The molecule has 4 nitrogen and oxygen atoms in total. The van der Waals surface area contributed by atoms with Crippen LogP contribution in [-0.4, -0.2) is 38.3 Å². The highest BCUT2D eigenvalue weighted by Crippen LogP contribution is 2.21. The summed E-state index contributed by atoms with van der Waals surface area (Å²) in [7, 11) is -3.19. The van der Waals surface area contributed by atoms with Crippen molar-refractivity contribution in [2.45, 2.75) is 49.6 Å². The standard InChI is InChI=1S/C12H24BrNO3S/c1-3-10(4-2)12(13)9-14-18(15,16)11-5-7-17-8-6-11/h10-12,14H,3-9H2,1-2H3. The van der Waals surface area contributed by atoms with E-state index < -0.39 is 10.0 Å². The molecule has 1 aliphatic heterocycles. The van der Waals surface area contributed by atoms with E-state index in [0.717, 1.165) is 12.8 Å². The van der Waals surface area contributed by atoms with Crippen LogP contribution in [0, 0.1) is 5.92 Å². The molecule has 0 amide bonds. The molecule has 0 aromatic heterocycles. The summed E-state index contributed by atoms with van der Waals surface area (Å²) >= 11 is 3.59. The van der Waals surface area contributed by atoms with Crippen LogP contribution in [0.2, 0.25) is 0 Å². The summed E-state index contributed by atoms with van der Waals surface area (Å²) in [4.78, 5) is 0.210. The van der Waals surface area contributed by atoms with Gasteiger partial charge in [-0.15, -0.1) is 0 Å². The SMILES string of the molecule is CCC(CC)C(Br)CNS(=O)(=O)C1CCOCC1. The fourth-order valence-electron chi connectivity index (χ4n) is 2.27. The lowest BCUT2D eigenvalue weighted by Crippen LogP contribution is -2.41. The Bertz CT molecular complexity index is 324. The Hall–Kier alpha value is 0.350. The van der Waals surface area contributed by atoms with Gasteiger partial charge < -0.3 is 4.74 Å². The van der Waals surface area contributed by atoms with Crippen LogP contribution < -0.4 is 4.72 Å². The third kappa shape index (κ3) is 4.79. The highest BCUT2D eigenvalue weighted by Gasteiger charge is 2.28. The second-order valence-corrected chi connectivity index (χ2v) is 8.02. The van der Waals surface area contributed by atoms with E-state index in [2.05, 4.69) is 34.5 Å². The zero-order chi connectivity index (χ0) is 13.6. The largest absolute Gasteiger partial charge is 0.381 e. The molecule has 0 bridgehead atoms. The van der Waals surface area contributed by atoms with Gasteiger partial charge in [0.15, 0.2) is 0 Å². The van der Waals surface area contributed by atoms with Crippen molar-refractivity contribution in [3.63, 3.8) is 0 Å². The third-order valence-electron chi connectivity index (χ3n) is 3.65. The van der Waals surface area contributed by atoms with Gasteiger partial charge in [0.25, 0.3) is 0 Å². The summed E-state index contributed by atoms with van der Waals surface area (Å²) in [6, 6.07) is 0. The molecule has 18 heavy (non-hydrogen) atoms. The Morgan fingerprint density at radius 1 is 1.28 bits per heavy atom. The minimum Gasteiger partial charge on any atom is -0.381 e. The van der Waals surface area contributed by atoms with Crippen molar-refractivity contribution < 1.29 is 13.2 Å². The number of nitrogens with one attached hydrogen (secondary N) is 1. The molecule has 1 heterocycles. The van der Waals surface area contributed by atoms with Gasteiger partial charge in [0, 0.05) is 24.6 Å². The lowest BCUT2D eigenvalue weighted by atomic mass is 10.00. The van der Waals surface area contributed by atoms with Gasteiger partial charge in [-0.05, 0) is 18.8 Å². The van der Waals surface area contributed by atoms with E-state index in [4.69, 9.17) is 4.74 Å². The number of alkyl halides is 1. The quantitative estimate of drug-likeness (QED) is 0.722. The number of hydrogen-bond acceptors (Lipinski definition) is 3. The third-order valence-corrected chi connectivity index (χ3v) is 6.64. The molecule has 1 N–H and O–H groups in total. The molecule has 1 fully saturated rings. The van der Waals surface area contributed by atoms with E-state index in [0.29, 0.717) is 38.5 Å². The number of halogens is 1. The first-order valence-electron chi connectivity index (χ1n) is 6.71. The summed E-state index contributed by atoms with van der Waals surface area (Å²) in [5.74, 6) is 0.516. The minimum absolute atomic E-state index is 0.210. The number of hydrogen-bond donors (Lipinski definition) is 1. The summed E-state index contributed by atoms with van der Waals surface area (Å²) in [6.07, 6.45) is 3.33. The molecule has 1 atom stereocenters. The highest BCUT2D eigenvalue weighted by molar-refractivity contribution is 9.09. The van der Waals surface area contributed by atoms with E-state index in [9.17, 15) is 8.42 Å². The Labute approximate surface area is 119 Å². The molecule has 0 radical (unpaired) electrons. The molecular formula is C12H24BrNO3S. The summed E-state index contributed by atoms with van der Waals surface area (Å²) in [5, 5.41) is -0.285. The van der Waals surface area contributed by atoms with Crippen molar-refractivity contribution in [1.82, 2.24) is 4.72 Å². The Kier molecular flexibility index (Phi) is 7.13. The molecule has 0 aromatic carbocycles. The van der Waals surface area contributed by atoms with Gasteiger partial charge in [0.2, 0.25) is 10.0 Å². The smallest absolute Gasteiger partial charge is 0.214 e. The molecular weight excluding hydrogens is 318 g/mol. The van der Waals surface area contributed by atoms with Crippen LogP contribution in [0.5, 0.6) is 0 Å². The predicted molar refractivity (Wildman–Crippen MR) is 77.6 cm³/mol. The maximum atomic E-state index is 12.1. The van der Waals surface area contributed by atoms with Crippen LogP contribution in [0.25, 0.3) is 0 Å². The van der Waals surface area contributed by atoms with Gasteiger partial charge in [-0.25, -0.2) is 13.1 Å². The van der Waals surface area contributed by atoms with E-state index in [-0.39, 0.29) is 10.1 Å². The van der Waals surface area contributed by atoms with Crippen molar-refractivity contribution in [3.05, 3.63) is 0 Å². The minimum atomic E-state index is -3.19. The fourth-order valence-corrected chi connectivity index (χ4v) is 4.85. The van der Waals surface area contributed by atoms with Gasteiger partial charge in [-0.2, -0.15) is 0 Å². The van der Waals surface area contributed by atoms with Gasteiger partial charge in [0.1, 0.15) is 0 Å². The normalized spacial score (nSPS) is 20.2. The van der Waals surface area contributed by atoms with Crippen LogP contribution in [0.1, 0.15) is 39.5 Å². The van der Waals surface area contributed by atoms with Crippen LogP contribution in [0.4, 0.5) is 0 Å². The average molecular weight is 342 g/mol. The molecule has 1 saturated heterocycles. The maximum absolute atomic E-state index is 12.1. The van der Waals surface area contributed by atoms with E-state index in [1.54, 1.807) is 0 Å². The van der Waals surface area contributed by atoms with E-state index in [1.807, 2.05) is 0 Å². The lowest BCUT2D eigenvalue weighted by Gasteiger charge is -2.24. The second kappa shape index (κ2) is 7.82. The monoisotopic (exact) mass is 341 g/mol. The zero-order valence-corrected chi connectivity index (χ0v) is 13.6. The molecule has 6 heteroatoms. The first kappa shape index (κ1) is 16.4. The number of ether oxygens (including phenoxy) is 1. The molecule has 108 valence electrons. The fraction of sp³-hybridized carbons (Fsp3) is 1.00. The topological polar surface area (TPSA) is 55.4 Å². The summed E-state index contributed by atoms with van der Waals surface area (Å²) in [5.41, 5.74) is 0. The van der Waals surface area contributed by atoms with E-state index in [1.165, 1.54) is 0 Å². The van der Waals surface area contributed by atoms with Crippen LogP contribution in [0.3, 0.4) is 0 Å². The average Bonchev–Trinajstić information content (AvgIpc) is 2.39. The van der Waals surface area contributed by atoms with Crippen LogP contribution in [0.15, 0.2) is 0 Å². The zero-order valence-electron chi connectivity index (χ0n) is 11.2. The number of sulfonamides is 1. The summed E-state index contributed by atoms with van der Waals surface area (Å²) < 4.78 is 32.1. The van der Waals surface area contributed by atoms with Crippen LogP contribution >= 0.6 is 15.9 Å². The predicted octanol–water partition coefficient (Wildman–Crippen LogP) is 2.28. The lowest BCUT2D eigenvalue weighted by molar-refractivity contribution is 0.0981. The molecule has 0 spiro atoms. The van der Waals surface area contributed by atoms with Gasteiger partial charge in [-0.3, -0.25) is 0 Å².